The van der Waals surface area contributed by atoms with Crippen LogP contribution >= 0.6 is 33.9 Å². The molecule has 3 nitrogen and oxygen atoms in total. The van der Waals surface area contributed by atoms with Gasteiger partial charge in [0.2, 0.25) is 0 Å². The molecule has 0 fully saturated rings. The lowest BCUT2D eigenvalue weighted by Crippen LogP contribution is -2.01. The van der Waals surface area contributed by atoms with Crippen LogP contribution in [0.2, 0.25) is 0 Å². The Balaban J connectivity index is 2.02. The zero-order valence-electron chi connectivity index (χ0n) is 7.27. The summed E-state index contributed by atoms with van der Waals surface area (Å²) >= 11 is 3.96. The van der Waals surface area contributed by atoms with E-state index in [1.165, 1.54) is 4.88 Å². The summed E-state index contributed by atoms with van der Waals surface area (Å²) in [5.74, 6) is 0.897. The van der Waals surface area contributed by atoms with Crippen LogP contribution in [0.3, 0.4) is 0 Å². The van der Waals surface area contributed by atoms with Crippen molar-refractivity contribution in [3.63, 3.8) is 0 Å². The molecule has 72 valence electrons. The van der Waals surface area contributed by atoms with Crippen molar-refractivity contribution in [2.75, 3.05) is 5.32 Å². The molecule has 0 unspecified atom stereocenters. The first-order valence-electron chi connectivity index (χ1n) is 4.08. The Kier molecular flexibility index (Phi) is 3.30. The summed E-state index contributed by atoms with van der Waals surface area (Å²) in [5.41, 5.74) is 0. The quantitative estimate of drug-likeness (QED) is 0.885. The molecule has 2 rings (SSSR count). The van der Waals surface area contributed by atoms with Gasteiger partial charge in [0, 0.05) is 11.1 Å². The third-order valence-electron chi connectivity index (χ3n) is 1.68. The highest BCUT2D eigenvalue weighted by molar-refractivity contribution is 14.1. The first-order chi connectivity index (χ1) is 6.86. The third-order valence-corrected chi connectivity index (χ3v) is 3.34. The van der Waals surface area contributed by atoms with Crippen LogP contribution in [0.5, 0.6) is 0 Å². The molecule has 2 heterocycles. The van der Waals surface area contributed by atoms with Gasteiger partial charge in [-0.3, -0.25) is 0 Å². The van der Waals surface area contributed by atoms with E-state index in [0.29, 0.717) is 0 Å². The number of thiophene rings is 1. The van der Waals surface area contributed by atoms with Gasteiger partial charge in [0.25, 0.3) is 0 Å². The maximum Gasteiger partial charge on any atom is 0.143 e. The molecule has 2 aromatic heterocycles. The Morgan fingerprint density at radius 2 is 2.43 bits per heavy atom. The fourth-order valence-electron chi connectivity index (χ4n) is 1.03. The van der Waals surface area contributed by atoms with Crippen molar-refractivity contribution < 1.29 is 0 Å². The van der Waals surface area contributed by atoms with Crippen LogP contribution in [0, 0.1) is 3.57 Å². The molecule has 0 atom stereocenters. The van der Waals surface area contributed by atoms with E-state index in [-0.39, 0.29) is 0 Å². The second-order valence-electron chi connectivity index (χ2n) is 2.65. The predicted molar refractivity (Wildman–Crippen MR) is 66.4 cm³/mol. The Labute approximate surface area is 99.7 Å². The number of aromatic nitrogens is 2. The lowest BCUT2D eigenvalue weighted by atomic mass is 10.4. The summed E-state index contributed by atoms with van der Waals surface area (Å²) in [6.07, 6.45) is 3.35. The number of hydrogen-bond donors (Lipinski definition) is 1. The van der Waals surface area contributed by atoms with Crippen LogP contribution in [-0.2, 0) is 6.54 Å². The first-order valence-corrected chi connectivity index (χ1v) is 6.04. The maximum atomic E-state index is 4.15. The maximum absolute atomic E-state index is 4.15. The molecule has 14 heavy (non-hydrogen) atoms. The standard InChI is InChI=1S/C9H8IN3S/c10-8-5-11-6-13-9(8)12-4-7-2-1-3-14-7/h1-3,5-6H,4H2,(H,11,12,13). The normalized spacial score (nSPS) is 10.1. The summed E-state index contributed by atoms with van der Waals surface area (Å²) < 4.78 is 1.04. The fourth-order valence-corrected chi connectivity index (χ4v) is 2.16. The topological polar surface area (TPSA) is 37.8 Å². The van der Waals surface area contributed by atoms with Gasteiger partial charge in [-0.25, -0.2) is 9.97 Å². The van der Waals surface area contributed by atoms with Gasteiger partial charge < -0.3 is 5.32 Å². The molecule has 0 amide bonds. The number of halogens is 1. The minimum absolute atomic E-state index is 0.824. The second-order valence-corrected chi connectivity index (χ2v) is 4.85. The van der Waals surface area contributed by atoms with E-state index in [0.717, 1.165) is 15.9 Å². The van der Waals surface area contributed by atoms with Crippen molar-refractivity contribution in [3.05, 3.63) is 38.5 Å². The van der Waals surface area contributed by atoms with Crippen molar-refractivity contribution in [3.8, 4) is 0 Å². The van der Waals surface area contributed by atoms with Crippen molar-refractivity contribution in [2.24, 2.45) is 0 Å². The van der Waals surface area contributed by atoms with E-state index in [9.17, 15) is 0 Å². The van der Waals surface area contributed by atoms with Gasteiger partial charge in [-0.1, -0.05) is 6.07 Å². The zero-order chi connectivity index (χ0) is 9.80. The summed E-state index contributed by atoms with van der Waals surface area (Å²) in [6, 6.07) is 4.15. The average molecular weight is 317 g/mol. The Hall–Kier alpha value is -0.690. The second kappa shape index (κ2) is 4.70. The van der Waals surface area contributed by atoms with Crippen molar-refractivity contribution in [2.45, 2.75) is 6.54 Å². The van der Waals surface area contributed by atoms with Crippen molar-refractivity contribution in [1.82, 2.24) is 9.97 Å². The van der Waals surface area contributed by atoms with Crippen LogP contribution in [0.15, 0.2) is 30.0 Å². The number of nitrogens with zero attached hydrogens (tertiary/aromatic N) is 2. The molecule has 0 saturated heterocycles. The van der Waals surface area contributed by atoms with E-state index in [2.05, 4.69) is 49.3 Å². The molecule has 5 heteroatoms. The Bertz CT molecular complexity index is 402. The van der Waals surface area contributed by atoms with E-state index >= 15 is 0 Å². The molecule has 0 radical (unpaired) electrons. The summed E-state index contributed by atoms with van der Waals surface area (Å²) in [4.78, 5) is 9.39. The highest BCUT2D eigenvalue weighted by atomic mass is 127. The minimum Gasteiger partial charge on any atom is -0.364 e. The summed E-state index contributed by atoms with van der Waals surface area (Å²) in [7, 11) is 0. The van der Waals surface area contributed by atoms with Crippen LogP contribution < -0.4 is 5.32 Å². The molecule has 0 aliphatic rings. The van der Waals surface area contributed by atoms with Gasteiger partial charge in [-0.05, 0) is 34.0 Å². The molecule has 0 spiro atoms. The Morgan fingerprint density at radius 1 is 1.50 bits per heavy atom. The number of nitrogens with one attached hydrogen (secondary N) is 1. The van der Waals surface area contributed by atoms with Crippen LogP contribution in [0.1, 0.15) is 4.88 Å². The predicted octanol–water partition coefficient (Wildman–Crippen LogP) is 2.75. The molecular weight excluding hydrogens is 309 g/mol. The minimum atomic E-state index is 0.824. The summed E-state index contributed by atoms with van der Waals surface area (Å²) in [6.45, 7) is 0.824. The average Bonchev–Trinajstić information content (AvgIpc) is 2.69. The van der Waals surface area contributed by atoms with E-state index in [1.54, 1.807) is 23.9 Å². The van der Waals surface area contributed by atoms with Crippen LogP contribution in [0.25, 0.3) is 0 Å². The molecule has 2 aromatic rings. The van der Waals surface area contributed by atoms with Gasteiger partial charge >= 0.3 is 0 Å². The molecule has 0 saturated carbocycles. The molecular formula is C9H8IN3S. The van der Waals surface area contributed by atoms with E-state index in [1.807, 2.05) is 6.07 Å². The largest absolute Gasteiger partial charge is 0.364 e. The number of rotatable bonds is 3. The molecule has 0 aromatic carbocycles. The molecule has 0 bridgehead atoms. The van der Waals surface area contributed by atoms with Gasteiger partial charge in [0.15, 0.2) is 0 Å². The Morgan fingerprint density at radius 3 is 3.14 bits per heavy atom. The number of hydrogen-bond acceptors (Lipinski definition) is 4. The smallest absolute Gasteiger partial charge is 0.143 e. The highest BCUT2D eigenvalue weighted by Gasteiger charge is 1.99. The fraction of sp³-hybridized carbons (Fsp3) is 0.111. The van der Waals surface area contributed by atoms with Gasteiger partial charge in [-0.2, -0.15) is 0 Å². The van der Waals surface area contributed by atoms with Gasteiger partial charge in [0.05, 0.1) is 10.1 Å². The van der Waals surface area contributed by atoms with E-state index in [4.69, 9.17) is 0 Å². The van der Waals surface area contributed by atoms with Gasteiger partial charge in [-0.15, -0.1) is 11.3 Å². The van der Waals surface area contributed by atoms with E-state index < -0.39 is 0 Å². The third kappa shape index (κ3) is 2.42. The monoisotopic (exact) mass is 317 g/mol. The SMILES string of the molecule is Ic1cncnc1NCc1cccs1. The molecule has 0 aliphatic heterocycles. The number of anilines is 1. The van der Waals surface area contributed by atoms with Crippen LogP contribution in [-0.4, -0.2) is 9.97 Å². The summed E-state index contributed by atoms with van der Waals surface area (Å²) in [5, 5.41) is 5.34. The van der Waals surface area contributed by atoms with Crippen molar-refractivity contribution in [1.29, 1.82) is 0 Å². The first kappa shape index (κ1) is 9.85. The van der Waals surface area contributed by atoms with Gasteiger partial charge in [0.1, 0.15) is 12.1 Å². The lowest BCUT2D eigenvalue weighted by Gasteiger charge is -2.04. The lowest BCUT2D eigenvalue weighted by molar-refractivity contribution is 1.09. The molecule has 0 aliphatic carbocycles. The van der Waals surface area contributed by atoms with Crippen molar-refractivity contribution >= 4 is 39.7 Å². The zero-order valence-corrected chi connectivity index (χ0v) is 10.2. The molecule has 1 N–H and O–H groups in total. The van der Waals surface area contributed by atoms with Crippen LogP contribution in [0.4, 0.5) is 5.82 Å². The highest BCUT2D eigenvalue weighted by Crippen LogP contribution is 2.15.